The minimum Gasteiger partial charge on any atom is -0.352 e. The first-order valence-corrected chi connectivity index (χ1v) is 6.44. The Morgan fingerprint density at radius 2 is 1.84 bits per heavy atom. The summed E-state index contributed by atoms with van der Waals surface area (Å²) in [4.78, 5) is 11.9. The quantitative estimate of drug-likeness (QED) is 0.840. The zero-order chi connectivity index (χ0) is 13.9. The fourth-order valence-electron chi connectivity index (χ4n) is 1.93. The molecule has 0 atom stereocenters. The summed E-state index contributed by atoms with van der Waals surface area (Å²) in [5.74, 6) is -0.256. The van der Waals surface area contributed by atoms with E-state index >= 15 is 0 Å². The van der Waals surface area contributed by atoms with Crippen molar-refractivity contribution >= 4 is 5.78 Å². The van der Waals surface area contributed by atoms with E-state index in [1.807, 2.05) is 0 Å². The van der Waals surface area contributed by atoms with Gasteiger partial charge in [0.25, 0.3) is 0 Å². The lowest BCUT2D eigenvalue weighted by Crippen LogP contribution is -2.38. The van der Waals surface area contributed by atoms with Gasteiger partial charge in [-0.05, 0) is 17.7 Å². The lowest BCUT2D eigenvalue weighted by molar-refractivity contribution is -0.222. The summed E-state index contributed by atoms with van der Waals surface area (Å²) >= 11 is 0. The number of ether oxygens (including phenoxy) is 2. The maximum atomic E-state index is 12.7. The van der Waals surface area contributed by atoms with Gasteiger partial charge < -0.3 is 9.47 Å². The molecule has 0 spiro atoms. The highest BCUT2D eigenvalue weighted by Crippen LogP contribution is 2.24. The van der Waals surface area contributed by atoms with Gasteiger partial charge in [-0.15, -0.1) is 0 Å². The van der Waals surface area contributed by atoms with Gasteiger partial charge >= 0.3 is 0 Å². The number of carbonyl (C=O) groups is 1. The SMILES string of the molecule is CC1(C)COC(CC(=O)Cc2ccc(F)cc2)OC1. The summed E-state index contributed by atoms with van der Waals surface area (Å²) in [6.45, 7) is 5.32. The maximum Gasteiger partial charge on any atom is 0.164 e. The Morgan fingerprint density at radius 3 is 2.42 bits per heavy atom. The molecule has 3 nitrogen and oxygen atoms in total. The van der Waals surface area contributed by atoms with Crippen molar-refractivity contribution < 1.29 is 18.7 Å². The van der Waals surface area contributed by atoms with E-state index in [4.69, 9.17) is 9.47 Å². The van der Waals surface area contributed by atoms with Gasteiger partial charge in [-0.3, -0.25) is 4.79 Å². The second-order valence-electron chi connectivity index (χ2n) is 5.76. The van der Waals surface area contributed by atoms with Crippen LogP contribution in [0, 0.1) is 11.2 Å². The van der Waals surface area contributed by atoms with Crippen LogP contribution in [0.15, 0.2) is 24.3 Å². The third-order valence-electron chi connectivity index (χ3n) is 3.03. The van der Waals surface area contributed by atoms with Crippen molar-refractivity contribution in [2.75, 3.05) is 13.2 Å². The van der Waals surface area contributed by atoms with Crippen LogP contribution in [-0.2, 0) is 20.7 Å². The van der Waals surface area contributed by atoms with Gasteiger partial charge in [0, 0.05) is 11.8 Å². The molecule has 1 aliphatic heterocycles. The minimum absolute atomic E-state index is 0.0104. The molecule has 1 heterocycles. The van der Waals surface area contributed by atoms with Crippen molar-refractivity contribution in [2.45, 2.75) is 33.0 Å². The number of rotatable bonds is 4. The molecule has 1 saturated heterocycles. The molecule has 19 heavy (non-hydrogen) atoms. The number of hydrogen-bond acceptors (Lipinski definition) is 3. The fraction of sp³-hybridized carbons (Fsp3) is 0.533. The van der Waals surface area contributed by atoms with Crippen molar-refractivity contribution in [3.8, 4) is 0 Å². The van der Waals surface area contributed by atoms with Crippen LogP contribution in [0.3, 0.4) is 0 Å². The number of benzene rings is 1. The van der Waals surface area contributed by atoms with E-state index in [1.54, 1.807) is 12.1 Å². The van der Waals surface area contributed by atoms with E-state index < -0.39 is 6.29 Å². The van der Waals surface area contributed by atoms with E-state index in [9.17, 15) is 9.18 Å². The number of Topliss-reactive ketones (excluding diaryl/α,β-unsaturated/α-hetero) is 1. The molecule has 1 aromatic carbocycles. The Hall–Kier alpha value is -1.26. The molecule has 0 bridgehead atoms. The van der Waals surface area contributed by atoms with Crippen LogP contribution in [-0.4, -0.2) is 25.3 Å². The molecule has 104 valence electrons. The molecule has 0 aromatic heterocycles. The fourth-order valence-corrected chi connectivity index (χ4v) is 1.93. The van der Waals surface area contributed by atoms with Gasteiger partial charge in [-0.25, -0.2) is 4.39 Å². The van der Waals surface area contributed by atoms with Crippen molar-refractivity contribution in [1.29, 1.82) is 0 Å². The predicted octanol–water partition coefficient (Wildman–Crippen LogP) is 2.73. The lowest BCUT2D eigenvalue weighted by Gasteiger charge is -2.34. The molecule has 1 fully saturated rings. The summed E-state index contributed by atoms with van der Waals surface area (Å²) in [5, 5.41) is 0. The first-order valence-electron chi connectivity index (χ1n) is 6.44. The molecule has 0 N–H and O–H groups in total. The molecular weight excluding hydrogens is 247 g/mol. The zero-order valence-electron chi connectivity index (χ0n) is 11.3. The molecule has 2 rings (SSSR count). The van der Waals surface area contributed by atoms with Gasteiger partial charge in [-0.1, -0.05) is 26.0 Å². The molecular formula is C15H19FO3. The van der Waals surface area contributed by atoms with Gasteiger partial charge in [0.15, 0.2) is 6.29 Å². The Bertz CT molecular complexity index is 429. The van der Waals surface area contributed by atoms with Crippen LogP contribution in [0.2, 0.25) is 0 Å². The predicted molar refractivity (Wildman–Crippen MR) is 69.2 cm³/mol. The Labute approximate surface area is 112 Å². The molecule has 0 saturated carbocycles. The highest BCUT2D eigenvalue weighted by molar-refractivity contribution is 5.81. The zero-order valence-corrected chi connectivity index (χ0v) is 11.3. The average molecular weight is 266 g/mol. The molecule has 0 unspecified atom stereocenters. The summed E-state index contributed by atoms with van der Waals surface area (Å²) < 4.78 is 23.8. The second-order valence-corrected chi connectivity index (χ2v) is 5.76. The van der Waals surface area contributed by atoms with Gasteiger partial charge in [0.05, 0.1) is 19.6 Å². The van der Waals surface area contributed by atoms with E-state index in [1.165, 1.54) is 12.1 Å². The molecule has 1 aromatic rings. The smallest absolute Gasteiger partial charge is 0.164 e. The van der Waals surface area contributed by atoms with Gasteiger partial charge in [0.2, 0.25) is 0 Å². The van der Waals surface area contributed by atoms with Crippen LogP contribution in [0.5, 0.6) is 0 Å². The summed E-state index contributed by atoms with van der Waals surface area (Å²) in [6.07, 6.45) is 0.0846. The molecule has 1 aliphatic rings. The molecule has 0 aliphatic carbocycles. The normalized spacial score (nSPS) is 19.3. The summed E-state index contributed by atoms with van der Waals surface area (Å²) in [6, 6.07) is 5.97. The highest BCUT2D eigenvalue weighted by Gasteiger charge is 2.29. The summed E-state index contributed by atoms with van der Waals surface area (Å²) in [7, 11) is 0. The van der Waals surface area contributed by atoms with E-state index in [0.29, 0.717) is 13.2 Å². The molecule has 0 radical (unpaired) electrons. The van der Waals surface area contributed by atoms with Crippen LogP contribution in [0.4, 0.5) is 4.39 Å². The van der Waals surface area contributed by atoms with Crippen LogP contribution < -0.4 is 0 Å². The number of carbonyl (C=O) groups excluding carboxylic acids is 1. The van der Waals surface area contributed by atoms with E-state index in [2.05, 4.69) is 13.8 Å². The van der Waals surface area contributed by atoms with Gasteiger partial charge in [-0.2, -0.15) is 0 Å². The Morgan fingerprint density at radius 1 is 1.26 bits per heavy atom. The van der Waals surface area contributed by atoms with Gasteiger partial charge in [0.1, 0.15) is 11.6 Å². The topological polar surface area (TPSA) is 35.5 Å². The largest absolute Gasteiger partial charge is 0.352 e. The highest BCUT2D eigenvalue weighted by atomic mass is 19.1. The Kier molecular flexibility index (Phi) is 4.32. The van der Waals surface area contributed by atoms with Crippen LogP contribution in [0.1, 0.15) is 25.8 Å². The van der Waals surface area contributed by atoms with Crippen molar-refractivity contribution in [1.82, 2.24) is 0 Å². The lowest BCUT2D eigenvalue weighted by atomic mass is 9.95. The first-order chi connectivity index (χ1) is 8.94. The minimum atomic E-state index is -0.444. The van der Waals surface area contributed by atoms with E-state index in [-0.39, 0.29) is 29.9 Å². The monoisotopic (exact) mass is 266 g/mol. The third kappa shape index (κ3) is 4.40. The first kappa shape index (κ1) is 14.2. The maximum absolute atomic E-state index is 12.7. The van der Waals surface area contributed by atoms with Crippen LogP contribution in [0.25, 0.3) is 0 Å². The number of halogens is 1. The third-order valence-corrected chi connectivity index (χ3v) is 3.03. The van der Waals surface area contributed by atoms with Crippen LogP contribution >= 0.6 is 0 Å². The number of hydrogen-bond donors (Lipinski definition) is 0. The second kappa shape index (κ2) is 5.80. The Balaban J connectivity index is 1.80. The molecule has 0 amide bonds. The van der Waals surface area contributed by atoms with E-state index in [0.717, 1.165) is 5.56 Å². The van der Waals surface area contributed by atoms with Crippen molar-refractivity contribution in [2.24, 2.45) is 5.41 Å². The van der Waals surface area contributed by atoms with Crippen molar-refractivity contribution in [3.05, 3.63) is 35.6 Å². The molecule has 4 heteroatoms. The average Bonchev–Trinajstić information content (AvgIpc) is 2.35. The standard InChI is InChI=1S/C15H19FO3/c1-15(2)9-18-14(19-10-15)8-13(17)7-11-3-5-12(16)6-4-11/h3-6,14H,7-10H2,1-2H3. The number of ketones is 1. The van der Waals surface area contributed by atoms with Crippen molar-refractivity contribution in [3.63, 3.8) is 0 Å². The summed E-state index contributed by atoms with van der Waals surface area (Å²) in [5.41, 5.74) is 0.818.